The minimum Gasteiger partial charge on any atom is -0.230 e. The van der Waals surface area contributed by atoms with E-state index in [9.17, 15) is 26.0 Å². The molecule has 0 aromatic rings. The fraction of sp³-hybridized carbons (Fsp3) is 1.00. The van der Waals surface area contributed by atoms with Crippen molar-refractivity contribution in [1.82, 2.24) is 4.31 Å². The fourth-order valence-corrected chi connectivity index (χ4v) is 3.07. The highest BCUT2D eigenvalue weighted by molar-refractivity contribution is 7.95. The Morgan fingerprint density at radius 1 is 1.10 bits per heavy atom. The van der Waals surface area contributed by atoms with Crippen LogP contribution in [-0.4, -0.2) is 42.0 Å². The number of piperidine rings is 1. The molecule has 20 heavy (non-hydrogen) atoms. The summed E-state index contributed by atoms with van der Waals surface area (Å²) in [6, 6.07) is 0. The van der Waals surface area contributed by atoms with Crippen molar-refractivity contribution in [2.75, 3.05) is 13.1 Å². The topological polar surface area (TPSA) is 85.3 Å². The summed E-state index contributed by atoms with van der Waals surface area (Å²) in [7, 11) is -5.39. The molecule has 1 heterocycles. The lowest BCUT2D eigenvalue weighted by Crippen LogP contribution is -2.48. The molecule has 1 fully saturated rings. The molecular formula is C7H11F4NO6S2. The summed E-state index contributed by atoms with van der Waals surface area (Å²) < 4.78 is 82.3. The molecule has 1 aliphatic rings. The monoisotopic (exact) mass is 345 g/mol. The normalized spacial score (nSPS) is 19.2. The fourth-order valence-electron chi connectivity index (χ4n) is 1.52. The first-order chi connectivity index (χ1) is 9.12. The lowest BCUT2D eigenvalue weighted by molar-refractivity contribution is -0.436. The Bertz CT molecular complexity index is 414. The zero-order valence-electron chi connectivity index (χ0n) is 9.80. The van der Waals surface area contributed by atoms with E-state index in [0.29, 0.717) is 23.6 Å². The molecule has 0 aromatic heterocycles. The van der Waals surface area contributed by atoms with Gasteiger partial charge >= 0.3 is 20.9 Å². The predicted molar refractivity (Wildman–Crippen MR) is 57.7 cm³/mol. The summed E-state index contributed by atoms with van der Waals surface area (Å²) in [5.41, 5.74) is -9.91. The molecule has 1 rings (SSSR count). The van der Waals surface area contributed by atoms with Crippen LogP contribution in [0.4, 0.5) is 17.6 Å². The first-order valence-electron chi connectivity index (χ1n) is 5.24. The van der Waals surface area contributed by atoms with E-state index in [4.69, 9.17) is 5.26 Å². The number of alkyl halides is 4. The zero-order chi connectivity index (χ0) is 15.4. The number of ether oxygens (including phenoxy) is 1. The van der Waals surface area contributed by atoms with Gasteiger partial charge < -0.3 is 0 Å². The van der Waals surface area contributed by atoms with Crippen LogP contribution in [0.2, 0.25) is 0 Å². The quantitative estimate of drug-likeness (QED) is 0.248. The first-order valence-corrected chi connectivity index (χ1v) is 7.42. The summed E-state index contributed by atoms with van der Waals surface area (Å²) in [5, 5.41) is 10.4. The Balaban J connectivity index is 2.80. The zero-order valence-corrected chi connectivity index (χ0v) is 11.4. The number of nitrogens with zero attached hydrogens (tertiary/aromatic N) is 1. The Morgan fingerprint density at radius 2 is 1.65 bits per heavy atom. The highest BCUT2D eigenvalue weighted by atomic mass is 32.2. The maximum atomic E-state index is 13.4. The van der Waals surface area contributed by atoms with Crippen LogP contribution in [0.3, 0.4) is 0 Å². The van der Waals surface area contributed by atoms with Crippen LogP contribution in [0.5, 0.6) is 0 Å². The molecule has 0 spiro atoms. The smallest absolute Gasteiger partial charge is 0.230 e. The van der Waals surface area contributed by atoms with E-state index in [1.54, 1.807) is 0 Å². The molecule has 1 saturated heterocycles. The lowest BCUT2D eigenvalue weighted by atomic mass is 10.2. The second kappa shape index (κ2) is 6.72. The van der Waals surface area contributed by atoms with Gasteiger partial charge in [0.25, 0.3) is 0 Å². The highest BCUT2D eigenvalue weighted by Crippen LogP contribution is 2.40. The van der Waals surface area contributed by atoms with Crippen LogP contribution in [0.15, 0.2) is 0 Å². The molecule has 0 aromatic carbocycles. The molecule has 1 aliphatic heterocycles. The third-order valence-electron chi connectivity index (χ3n) is 2.35. The minimum absolute atomic E-state index is 0.198. The van der Waals surface area contributed by atoms with Crippen LogP contribution < -0.4 is 0 Å². The average molecular weight is 345 g/mol. The van der Waals surface area contributed by atoms with Gasteiger partial charge in [0.1, 0.15) is 12.0 Å². The largest absolute Gasteiger partial charge is 0.481 e. The van der Waals surface area contributed by atoms with Crippen LogP contribution in [0.1, 0.15) is 19.3 Å². The molecule has 7 nitrogen and oxygen atoms in total. The van der Waals surface area contributed by atoms with Crippen molar-refractivity contribution in [1.29, 1.82) is 0 Å². The van der Waals surface area contributed by atoms with E-state index in [2.05, 4.69) is 14.1 Å². The SMILES string of the molecule is O=S(=O)(N1CCCCC1)C(F)(F)OC(F)(F)SOOO. The Hall–Kier alpha value is -0.180. The number of halogens is 4. The van der Waals surface area contributed by atoms with E-state index in [1.807, 2.05) is 0 Å². The van der Waals surface area contributed by atoms with Gasteiger partial charge in [-0.2, -0.15) is 21.9 Å². The number of hydrogen-bond acceptors (Lipinski definition) is 7. The molecule has 0 bridgehead atoms. The minimum atomic E-state index is -5.39. The molecule has 1 N–H and O–H groups in total. The van der Waals surface area contributed by atoms with Crippen molar-refractivity contribution in [3.8, 4) is 0 Å². The van der Waals surface area contributed by atoms with Crippen molar-refractivity contribution in [2.45, 2.75) is 30.1 Å². The van der Waals surface area contributed by atoms with Gasteiger partial charge in [-0.1, -0.05) is 11.5 Å². The van der Waals surface area contributed by atoms with Gasteiger partial charge in [-0.3, -0.25) is 0 Å². The van der Waals surface area contributed by atoms with Crippen LogP contribution >= 0.6 is 12.0 Å². The van der Waals surface area contributed by atoms with Crippen LogP contribution in [0, 0.1) is 0 Å². The second-order valence-electron chi connectivity index (χ2n) is 3.72. The molecule has 0 amide bonds. The standard InChI is InChI=1S/C7H11F4NO6S2/c8-6(9,19-18-17-13)16-7(10,11)20(14,15)12-4-2-1-3-5-12/h13H,1-5H2. The van der Waals surface area contributed by atoms with Gasteiger partial charge in [0.15, 0.2) is 0 Å². The second-order valence-corrected chi connectivity index (χ2v) is 6.44. The third kappa shape index (κ3) is 4.41. The molecular weight excluding hydrogens is 334 g/mol. The first kappa shape index (κ1) is 17.9. The molecule has 120 valence electrons. The van der Waals surface area contributed by atoms with Gasteiger partial charge in [0.05, 0.1) is 0 Å². The van der Waals surface area contributed by atoms with Crippen molar-refractivity contribution in [3.63, 3.8) is 0 Å². The molecule has 0 saturated carbocycles. The van der Waals surface area contributed by atoms with E-state index >= 15 is 0 Å². The summed E-state index contributed by atoms with van der Waals surface area (Å²) in [5.74, 6) is 0. The Morgan fingerprint density at radius 3 is 2.15 bits per heavy atom. The maximum absolute atomic E-state index is 13.4. The summed E-state index contributed by atoms with van der Waals surface area (Å²) in [4.78, 5) is 0. The van der Waals surface area contributed by atoms with Crippen LogP contribution in [-0.2, 0) is 24.1 Å². The third-order valence-corrected chi connectivity index (χ3v) is 4.49. The number of sulfonamides is 1. The Labute approximate surface area is 115 Å². The molecule has 0 unspecified atom stereocenters. The van der Waals surface area contributed by atoms with Crippen molar-refractivity contribution in [2.24, 2.45) is 0 Å². The lowest BCUT2D eigenvalue weighted by Gasteiger charge is -2.30. The van der Waals surface area contributed by atoms with E-state index in [1.165, 1.54) is 0 Å². The maximum Gasteiger partial charge on any atom is 0.481 e. The summed E-state index contributed by atoms with van der Waals surface area (Å²) >= 11 is -1.12. The van der Waals surface area contributed by atoms with Gasteiger partial charge in [-0.15, -0.1) is 4.33 Å². The summed E-state index contributed by atoms with van der Waals surface area (Å²) in [6.45, 7) is -0.396. The van der Waals surface area contributed by atoms with E-state index in [-0.39, 0.29) is 13.1 Å². The van der Waals surface area contributed by atoms with Crippen molar-refractivity contribution in [3.05, 3.63) is 0 Å². The van der Waals surface area contributed by atoms with Gasteiger partial charge in [0.2, 0.25) is 0 Å². The van der Waals surface area contributed by atoms with Crippen molar-refractivity contribution >= 4 is 22.1 Å². The number of hydrogen-bond donors (Lipinski definition) is 1. The summed E-state index contributed by atoms with van der Waals surface area (Å²) in [6.07, 6.45) is 1.36. The van der Waals surface area contributed by atoms with Gasteiger partial charge in [0, 0.05) is 13.1 Å². The van der Waals surface area contributed by atoms with E-state index in [0.717, 1.165) is 0 Å². The van der Waals surface area contributed by atoms with E-state index < -0.39 is 32.9 Å². The Kier molecular flexibility index (Phi) is 6.01. The highest BCUT2D eigenvalue weighted by Gasteiger charge is 2.58. The van der Waals surface area contributed by atoms with Crippen molar-refractivity contribution < 1.29 is 45.3 Å². The molecule has 0 radical (unpaired) electrons. The van der Waals surface area contributed by atoms with Gasteiger partial charge in [-0.05, 0) is 12.8 Å². The average Bonchev–Trinajstić information content (AvgIpc) is 2.36. The number of rotatable bonds is 7. The van der Waals surface area contributed by atoms with Gasteiger partial charge in [-0.25, -0.2) is 18.4 Å². The molecule has 0 atom stereocenters. The molecule has 0 aliphatic carbocycles. The van der Waals surface area contributed by atoms with Crippen LogP contribution in [0.25, 0.3) is 0 Å². The predicted octanol–water partition coefficient (Wildman–Crippen LogP) is 1.99. The molecule has 13 heteroatoms.